The van der Waals surface area contributed by atoms with Gasteiger partial charge in [-0.15, -0.1) is 0 Å². The molecule has 0 spiro atoms. The molecule has 0 aliphatic heterocycles. The van der Waals surface area contributed by atoms with Gasteiger partial charge in [0.25, 0.3) is 11.6 Å². The minimum atomic E-state index is -1.08. The van der Waals surface area contributed by atoms with Crippen LogP contribution in [0.25, 0.3) is 0 Å². The molecule has 1 amide bonds. The van der Waals surface area contributed by atoms with Gasteiger partial charge >= 0.3 is 0 Å². The number of nitro benzene ring substituents is 1. The van der Waals surface area contributed by atoms with Crippen LogP contribution in [-0.2, 0) is 0 Å². The van der Waals surface area contributed by atoms with E-state index in [4.69, 9.17) is 4.74 Å². The van der Waals surface area contributed by atoms with Gasteiger partial charge in [0.15, 0.2) is 0 Å². The zero-order valence-electron chi connectivity index (χ0n) is 12.9. The third kappa shape index (κ3) is 5.15. The number of phenolic OH excluding ortho intramolecular Hbond substituents is 1. The van der Waals surface area contributed by atoms with E-state index < -0.39 is 28.4 Å². The number of carbonyl (C=O) groups is 1. The monoisotopic (exact) mass is 350 g/mol. The van der Waals surface area contributed by atoms with Crippen molar-refractivity contribution in [2.75, 3.05) is 13.2 Å². The number of hydrogen-bond acceptors (Lipinski definition) is 6. The minimum absolute atomic E-state index is 0.163. The Hall–Kier alpha value is -3.20. The summed E-state index contributed by atoms with van der Waals surface area (Å²) < 4.78 is 18.0. The van der Waals surface area contributed by atoms with Gasteiger partial charge in [0, 0.05) is 6.54 Å². The first kappa shape index (κ1) is 18.1. The molecule has 2 rings (SSSR count). The summed E-state index contributed by atoms with van der Waals surface area (Å²) in [7, 11) is 0. The van der Waals surface area contributed by atoms with Crippen LogP contribution in [0.5, 0.6) is 11.5 Å². The van der Waals surface area contributed by atoms with Crippen molar-refractivity contribution in [3.8, 4) is 11.5 Å². The number of nitrogens with one attached hydrogen (secondary N) is 1. The largest absolute Gasteiger partial charge is 0.508 e. The minimum Gasteiger partial charge on any atom is -0.508 e. The Labute approximate surface area is 141 Å². The second-order valence-corrected chi connectivity index (χ2v) is 5.09. The maximum absolute atomic E-state index is 12.8. The summed E-state index contributed by atoms with van der Waals surface area (Å²) in [5.41, 5.74) is -0.788. The van der Waals surface area contributed by atoms with Crippen LogP contribution >= 0.6 is 0 Å². The fraction of sp³-hybridized carbons (Fsp3) is 0.188. The van der Waals surface area contributed by atoms with Crippen molar-refractivity contribution in [2.45, 2.75) is 6.10 Å². The number of carbonyl (C=O) groups excluding carboxylic acids is 1. The molecule has 8 nitrogen and oxygen atoms in total. The Kier molecular flexibility index (Phi) is 5.85. The highest BCUT2D eigenvalue weighted by Gasteiger charge is 2.21. The lowest BCUT2D eigenvalue weighted by Crippen LogP contribution is -2.35. The van der Waals surface area contributed by atoms with Crippen molar-refractivity contribution in [3.63, 3.8) is 0 Å². The van der Waals surface area contributed by atoms with Crippen molar-refractivity contribution in [2.24, 2.45) is 0 Å². The zero-order valence-corrected chi connectivity index (χ0v) is 12.9. The fourth-order valence-electron chi connectivity index (χ4n) is 1.95. The van der Waals surface area contributed by atoms with Gasteiger partial charge < -0.3 is 20.3 Å². The smallest absolute Gasteiger partial charge is 0.285 e. The van der Waals surface area contributed by atoms with Gasteiger partial charge in [-0.25, -0.2) is 4.39 Å². The Balaban J connectivity index is 1.89. The highest BCUT2D eigenvalue weighted by Crippen LogP contribution is 2.23. The van der Waals surface area contributed by atoms with Gasteiger partial charge in [0.05, 0.1) is 11.0 Å². The summed E-state index contributed by atoms with van der Waals surface area (Å²) in [6.45, 7) is -0.373. The number of nitrogens with zero attached hydrogens (tertiary/aromatic N) is 1. The van der Waals surface area contributed by atoms with Crippen LogP contribution in [0.2, 0.25) is 0 Å². The lowest BCUT2D eigenvalue weighted by Gasteiger charge is -2.13. The van der Waals surface area contributed by atoms with E-state index in [-0.39, 0.29) is 24.5 Å². The molecule has 0 saturated carbocycles. The Bertz CT molecular complexity index is 766. The number of hydrogen-bond donors (Lipinski definition) is 3. The first-order chi connectivity index (χ1) is 11.9. The zero-order chi connectivity index (χ0) is 18.4. The molecule has 3 N–H and O–H groups in total. The molecule has 132 valence electrons. The predicted molar refractivity (Wildman–Crippen MR) is 85.0 cm³/mol. The molecule has 0 saturated heterocycles. The molecule has 0 aliphatic rings. The molecule has 1 atom stereocenters. The highest BCUT2D eigenvalue weighted by atomic mass is 19.1. The molecular formula is C16H15FN2O6. The van der Waals surface area contributed by atoms with E-state index in [0.29, 0.717) is 5.75 Å². The van der Waals surface area contributed by atoms with Crippen molar-refractivity contribution < 1.29 is 29.1 Å². The van der Waals surface area contributed by atoms with Crippen LogP contribution in [0, 0.1) is 15.9 Å². The number of aliphatic hydroxyl groups is 1. The van der Waals surface area contributed by atoms with Crippen LogP contribution in [-0.4, -0.2) is 40.3 Å². The normalized spacial score (nSPS) is 11.6. The van der Waals surface area contributed by atoms with Crippen LogP contribution in [0.1, 0.15) is 10.4 Å². The summed E-state index contributed by atoms with van der Waals surface area (Å²) in [5.74, 6) is -1.18. The number of benzene rings is 2. The van der Waals surface area contributed by atoms with Crippen LogP contribution in [0.15, 0.2) is 42.5 Å². The lowest BCUT2D eigenvalue weighted by atomic mass is 10.1. The molecule has 25 heavy (non-hydrogen) atoms. The average molecular weight is 350 g/mol. The summed E-state index contributed by atoms with van der Waals surface area (Å²) in [5, 5.41) is 32.3. The van der Waals surface area contributed by atoms with E-state index in [1.165, 1.54) is 24.3 Å². The highest BCUT2D eigenvalue weighted by molar-refractivity contribution is 5.98. The van der Waals surface area contributed by atoms with Crippen molar-refractivity contribution >= 4 is 11.6 Å². The molecule has 0 unspecified atom stereocenters. The maximum Gasteiger partial charge on any atom is 0.285 e. The second-order valence-electron chi connectivity index (χ2n) is 5.09. The molecule has 0 heterocycles. The van der Waals surface area contributed by atoms with E-state index >= 15 is 0 Å². The number of nitro groups is 1. The number of halogens is 1. The molecule has 2 aromatic rings. The van der Waals surface area contributed by atoms with Gasteiger partial charge in [-0.1, -0.05) is 0 Å². The van der Waals surface area contributed by atoms with Crippen molar-refractivity contribution in [3.05, 3.63) is 64.0 Å². The first-order valence-corrected chi connectivity index (χ1v) is 7.19. The third-order valence-corrected chi connectivity index (χ3v) is 3.18. The molecular weight excluding hydrogens is 335 g/mol. The maximum atomic E-state index is 12.8. The Morgan fingerprint density at radius 2 is 1.96 bits per heavy atom. The van der Waals surface area contributed by atoms with Gasteiger partial charge in [0.1, 0.15) is 35.6 Å². The van der Waals surface area contributed by atoms with E-state index in [1.807, 2.05) is 0 Å². The average Bonchev–Trinajstić information content (AvgIpc) is 2.59. The first-order valence-electron chi connectivity index (χ1n) is 7.19. The van der Waals surface area contributed by atoms with Gasteiger partial charge in [-0.3, -0.25) is 14.9 Å². The Morgan fingerprint density at radius 3 is 2.60 bits per heavy atom. The quantitative estimate of drug-likeness (QED) is 0.515. The number of aromatic hydroxyl groups is 1. The number of rotatable bonds is 7. The van der Waals surface area contributed by atoms with E-state index in [0.717, 1.165) is 18.2 Å². The third-order valence-electron chi connectivity index (χ3n) is 3.18. The molecule has 0 bridgehead atoms. The number of ether oxygens (including phenoxy) is 1. The van der Waals surface area contributed by atoms with E-state index in [9.17, 15) is 29.5 Å². The van der Waals surface area contributed by atoms with E-state index in [2.05, 4.69) is 5.32 Å². The van der Waals surface area contributed by atoms with Gasteiger partial charge in [-0.05, 0) is 36.4 Å². The van der Waals surface area contributed by atoms with Crippen LogP contribution in [0.3, 0.4) is 0 Å². The molecule has 0 fully saturated rings. The second kappa shape index (κ2) is 8.06. The summed E-state index contributed by atoms with van der Waals surface area (Å²) >= 11 is 0. The van der Waals surface area contributed by atoms with Crippen molar-refractivity contribution in [1.82, 2.24) is 5.32 Å². The molecule has 0 aromatic heterocycles. The van der Waals surface area contributed by atoms with Crippen molar-refractivity contribution in [1.29, 1.82) is 0 Å². The number of aliphatic hydroxyl groups excluding tert-OH is 1. The molecule has 9 heteroatoms. The topological polar surface area (TPSA) is 122 Å². The molecule has 2 aromatic carbocycles. The lowest BCUT2D eigenvalue weighted by molar-refractivity contribution is -0.385. The molecule has 0 radical (unpaired) electrons. The molecule has 0 aliphatic carbocycles. The fourth-order valence-corrected chi connectivity index (χ4v) is 1.95. The Morgan fingerprint density at radius 1 is 1.28 bits per heavy atom. The summed E-state index contributed by atoms with van der Waals surface area (Å²) in [6, 6.07) is 8.31. The van der Waals surface area contributed by atoms with E-state index in [1.54, 1.807) is 0 Å². The van der Waals surface area contributed by atoms with Crippen LogP contribution in [0.4, 0.5) is 10.1 Å². The standard InChI is InChI=1S/C16H15FN2O6/c17-10-1-4-13(5-2-10)25-9-12(21)8-18-16(22)14-6-3-11(20)7-15(14)19(23)24/h1-7,12,20-21H,8-9H2,(H,18,22)/t12-/m1/s1. The SMILES string of the molecule is O=C(NC[C@@H](O)COc1ccc(F)cc1)c1ccc(O)cc1[N+](=O)[O-]. The summed E-state index contributed by atoms with van der Waals surface area (Å²) in [6.07, 6.45) is -1.08. The number of amides is 1. The predicted octanol–water partition coefficient (Wildman–Crippen LogP) is 1.61. The van der Waals surface area contributed by atoms with Crippen LogP contribution < -0.4 is 10.1 Å². The van der Waals surface area contributed by atoms with Gasteiger partial charge in [0.2, 0.25) is 0 Å². The summed E-state index contributed by atoms with van der Waals surface area (Å²) in [4.78, 5) is 22.1. The van der Waals surface area contributed by atoms with Gasteiger partial charge in [-0.2, -0.15) is 0 Å². The number of phenols is 1.